The van der Waals surface area contributed by atoms with Gasteiger partial charge in [0, 0.05) is 43.1 Å². The summed E-state index contributed by atoms with van der Waals surface area (Å²) in [4.78, 5) is 18.9. The second-order valence-electron chi connectivity index (χ2n) is 6.64. The lowest BCUT2D eigenvalue weighted by Crippen LogP contribution is -2.49. The summed E-state index contributed by atoms with van der Waals surface area (Å²) in [5.41, 5.74) is 1.33. The highest BCUT2D eigenvalue weighted by Crippen LogP contribution is 2.34. The van der Waals surface area contributed by atoms with E-state index in [0.29, 0.717) is 30.2 Å². The van der Waals surface area contributed by atoms with E-state index in [1.165, 1.54) is 18.3 Å². The number of carbonyl (C=O) groups excluding carboxylic acids is 1. The quantitative estimate of drug-likeness (QED) is 0.501. The highest BCUT2D eigenvalue weighted by atomic mass is 19.1. The predicted octanol–water partition coefficient (Wildman–Crippen LogP) is 2.00. The topological polar surface area (TPSA) is 114 Å². The fourth-order valence-electron chi connectivity index (χ4n) is 3.08. The molecule has 3 aromatic rings. The minimum Gasteiger partial charge on any atom is -0.508 e. The summed E-state index contributed by atoms with van der Waals surface area (Å²) in [5, 5.41) is 27.6. The summed E-state index contributed by atoms with van der Waals surface area (Å²) in [7, 11) is 0. The van der Waals surface area contributed by atoms with Crippen molar-refractivity contribution in [3.8, 4) is 17.0 Å². The third-order valence-electron chi connectivity index (χ3n) is 4.63. The van der Waals surface area contributed by atoms with Crippen molar-refractivity contribution in [1.82, 2.24) is 15.2 Å². The molecule has 0 unspecified atom stereocenters. The van der Waals surface area contributed by atoms with Crippen LogP contribution in [0.3, 0.4) is 0 Å². The number of aromatic amines is 1. The van der Waals surface area contributed by atoms with Gasteiger partial charge in [-0.2, -0.15) is 5.10 Å². The summed E-state index contributed by atoms with van der Waals surface area (Å²) in [6, 6.07) is 7.62. The first kappa shape index (κ1) is 17.9. The van der Waals surface area contributed by atoms with Crippen molar-refractivity contribution in [3.63, 3.8) is 0 Å². The molecule has 4 rings (SSSR count). The van der Waals surface area contributed by atoms with Crippen molar-refractivity contribution in [2.24, 2.45) is 5.92 Å². The lowest BCUT2D eigenvalue weighted by Gasteiger charge is -2.40. The smallest absolute Gasteiger partial charge is 0.257 e. The Bertz CT molecular complexity index is 999. The molecule has 0 spiro atoms. The maximum atomic E-state index is 14.2. The number of carbonyl (C=O) groups is 1. The lowest BCUT2D eigenvalue weighted by atomic mass is 9.99. The molecule has 1 amide bonds. The number of phenols is 1. The molecule has 9 heteroatoms. The van der Waals surface area contributed by atoms with Gasteiger partial charge < -0.3 is 20.4 Å². The van der Waals surface area contributed by atoms with Gasteiger partial charge in [0.15, 0.2) is 5.82 Å². The summed E-state index contributed by atoms with van der Waals surface area (Å²) >= 11 is 0. The summed E-state index contributed by atoms with van der Waals surface area (Å²) in [5.74, 6) is -0.189. The highest BCUT2D eigenvalue weighted by molar-refractivity contribution is 6.05. The molecule has 1 aliphatic rings. The van der Waals surface area contributed by atoms with Crippen LogP contribution in [0.5, 0.6) is 5.75 Å². The lowest BCUT2D eigenvalue weighted by molar-refractivity contribution is 0.102. The standard InChI is InChI=1S/C19H18FN5O3/c20-16-7-22-24-17(16)15-5-12(6-21-18(15)25-8-11(9-25)10-26)19(28)23-13-1-3-14(27)4-2-13/h1-7,11,26-27H,8-10H2,(H,22,24)(H,23,28). The van der Waals surface area contributed by atoms with Crippen LogP contribution in [-0.2, 0) is 0 Å². The molecule has 0 aliphatic carbocycles. The Morgan fingerprint density at radius 2 is 2.04 bits per heavy atom. The average molecular weight is 383 g/mol. The van der Waals surface area contributed by atoms with Crippen LogP contribution in [0.2, 0.25) is 0 Å². The van der Waals surface area contributed by atoms with Crippen molar-refractivity contribution in [2.75, 3.05) is 29.9 Å². The summed E-state index contributed by atoms with van der Waals surface area (Å²) in [6.07, 6.45) is 2.49. The summed E-state index contributed by atoms with van der Waals surface area (Å²) in [6.45, 7) is 1.29. The Kier molecular flexibility index (Phi) is 4.66. The van der Waals surface area contributed by atoms with E-state index in [2.05, 4.69) is 20.5 Å². The van der Waals surface area contributed by atoms with E-state index in [1.807, 2.05) is 4.90 Å². The van der Waals surface area contributed by atoms with Gasteiger partial charge in [-0.25, -0.2) is 9.37 Å². The number of benzene rings is 1. The van der Waals surface area contributed by atoms with Gasteiger partial charge in [0.25, 0.3) is 5.91 Å². The third-order valence-corrected chi connectivity index (χ3v) is 4.63. The monoisotopic (exact) mass is 383 g/mol. The number of hydrogen-bond donors (Lipinski definition) is 4. The Hall–Kier alpha value is -3.46. The van der Waals surface area contributed by atoms with E-state index < -0.39 is 11.7 Å². The fraction of sp³-hybridized carbons (Fsp3) is 0.211. The Labute approximate surface area is 159 Å². The molecular weight excluding hydrogens is 365 g/mol. The second-order valence-corrected chi connectivity index (χ2v) is 6.64. The van der Waals surface area contributed by atoms with Gasteiger partial charge in [0.2, 0.25) is 0 Å². The van der Waals surface area contributed by atoms with Gasteiger partial charge >= 0.3 is 0 Å². The first-order valence-corrected chi connectivity index (χ1v) is 8.70. The molecule has 0 saturated carbocycles. The first-order valence-electron chi connectivity index (χ1n) is 8.70. The molecule has 0 bridgehead atoms. The van der Waals surface area contributed by atoms with Crippen LogP contribution >= 0.6 is 0 Å². The molecule has 0 radical (unpaired) electrons. The van der Waals surface area contributed by atoms with Crippen LogP contribution in [0.25, 0.3) is 11.3 Å². The number of anilines is 2. The van der Waals surface area contributed by atoms with E-state index in [9.17, 15) is 19.4 Å². The third kappa shape index (κ3) is 3.39. The van der Waals surface area contributed by atoms with Crippen LogP contribution < -0.4 is 10.2 Å². The second kappa shape index (κ2) is 7.28. The average Bonchev–Trinajstić information content (AvgIpc) is 3.09. The van der Waals surface area contributed by atoms with Gasteiger partial charge in [-0.3, -0.25) is 9.89 Å². The minimum absolute atomic E-state index is 0.0807. The number of aliphatic hydroxyl groups excluding tert-OH is 1. The number of hydrogen-bond acceptors (Lipinski definition) is 6. The first-order chi connectivity index (χ1) is 13.5. The Morgan fingerprint density at radius 1 is 1.29 bits per heavy atom. The Morgan fingerprint density at radius 3 is 2.68 bits per heavy atom. The molecule has 144 valence electrons. The number of halogens is 1. The van der Waals surface area contributed by atoms with E-state index >= 15 is 0 Å². The molecule has 1 fully saturated rings. The van der Waals surface area contributed by atoms with Gasteiger partial charge in [0.05, 0.1) is 11.8 Å². The molecule has 4 N–H and O–H groups in total. The summed E-state index contributed by atoms with van der Waals surface area (Å²) < 4.78 is 14.2. The zero-order valence-corrected chi connectivity index (χ0v) is 14.8. The number of H-pyrrole nitrogens is 1. The number of aromatic hydroxyl groups is 1. The minimum atomic E-state index is -0.543. The van der Waals surface area contributed by atoms with Crippen molar-refractivity contribution in [3.05, 3.63) is 54.1 Å². The number of aliphatic hydroxyl groups is 1. The van der Waals surface area contributed by atoms with E-state index in [0.717, 1.165) is 6.20 Å². The van der Waals surface area contributed by atoms with Crippen molar-refractivity contribution in [2.45, 2.75) is 0 Å². The largest absolute Gasteiger partial charge is 0.508 e. The normalized spacial score (nSPS) is 14.0. The van der Waals surface area contributed by atoms with E-state index in [-0.39, 0.29) is 29.5 Å². The number of aromatic nitrogens is 3. The van der Waals surface area contributed by atoms with Crippen molar-refractivity contribution in [1.29, 1.82) is 0 Å². The van der Waals surface area contributed by atoms with E-state index in [4.69, 9.17) is 0 Å². The van der Waals surface area contributed by atoms with E-state index in [1.54, 1.807) is 18.2 Å². The maximum Gasteiger partial charge on any atom is 0.257 e. The molecule has 28 heavy (non-hydrogen) atoms. The molecule has 1 saturated heterocycles. The highest BCUT2D eigenvalue weighted by Gasteiger charge is 2.30. The van der Waals surface area contributed by atoms with Crippen molar-refractivity contribution >= 4 is 17.4 Å². The maximum absolute atomic E-state index is 14.2. The molecule has 0 atom stereocenters. The van der Waals surface area contributed by atoms with Gasteiger partial charge in [0.1, 0.15) is 17.3 Å². The van der Waals surface area contributed by atoms with Crippen molar-refractivity contribution < 1.29 is 19.4 Å². The van der Waals surface area contributed by atoms with Gasteiger partial charge in [-0.1, -0.05) is 0 Å². The SMILES string of the molecule is O=C(Nc1ccc(O)cc1)c1cnc(N2CC(CO)C2)c(-c2[nH]ncc2F)c1. The van der Waals surface area contributed by atoms with Crippen LogP contribution in [0.4, 0.5) is 15.9 Å². The molecule has 1 aliphatic heterocycles. The van der Waals surface area contributed by atoms with Crippen LogP contribution in [-0.4, -0.2) is 51.0 Å². The molecule has 3 heterocycles. The van der Waals surface area contributed by atoms with Crippen LogP contribution in [0.15, 0.2) is 42.7 Å². The van der Waals surface area contributed by atoms with Crippen LogP contribution in [0, 0.1) is 11.7 Å². The number of amides is 1. The molecule has 1 aromatic carbocycles. The number of pyridine rings is 1. The number of rotatable bonds is 5. The predicted molar refractivity (Wildman–Crippen MR) is 101 cm³/mol. The fourth-order valence-corrected chi connectivity index (χ4v) is 3.08. The van der Waals surface area contributed by atoms with Crippen LogP contribution in [0.1, 0.15) is 10.4 Å². The molecular formula is C19H18FN5O3. The Balaban J connectivity index is 1.65. The van der Waals surface area contributed by atoms with Gasteiger partial charge in [-0.05, 0) is 30.3 Å². The van der Waals surface area contributed by atoms with Gasteiger partial charge in [-0.15, -0.1) is 0 Å². The zero-order valence-electron chi connectivity index (χ0n) is 14.8. The number of phenolic OH excluding ortho intramolecular Hbond substituents is 1. The molecule has 8 nitrogen and oxygen atoms in total. The number of nitrogens with one attached hydrogen (secondary N) is 2. The zero-order chi connectivity index (χ0) is 19.7. The number of nitrogens with zero attached hydrogens (tertiary/aromatic N) is 3. The molecule has 2 aromatic heterocycles.